The minimum absolute atomic E-state index is 0.0498. The number of carbonyl (C=O) groups is 2. The molecule has 0 aromatic heterocycles. The van der Waals surface area contributed by atoms with Crippen LogP contribution in [0.4, 0.5) is 0 Å². The van der Waals surface area contributed by atoms with Crippen molar-refractivity contribution >= 4 is 11.9 Å². The van der Waals surface area contributed by atoms with Gasteiger partial charge in [0, 0.05) is 13.8 Å². The molecule has 0 aromatic rings. The van der Waals surface area contributed by atoms with Gasteiger partial charge in [-0.1, -0.05) is 32.4 Å². The Bertz CT molecular complexity index is 668. The smallest absolute Gasteiger partial charge is 0.302 e. The zero-order valence-electron chi connectivity index (χ0n) is 19.3. The molecule has 7 atom stereocenters. The molecule has 0 saturated heterocycles. The first-order chi connectivity index (χ1) is 13.6. The number of rotatable bonds is 4. The highest BCUT2D eigenvalue weighted by atomic mass is 16.6. The molecule has 164 valence electrons. The summed E-state index contributed by atoms with van der Waals surface area (Å²) in [7, 11) is 0. The lowest BCUT2D eigenvalue weighted by Gasteiger charge is -2.59. The van der Waals surface area contributed by atoms with Crippen LogP contribution in [0.1, 0.15) is 92.9 Å². The van der Waals surface area contributed by atoms with Crippen LogP contribution in [0.3, 0.4) is 0 Å². The Balaban J connectivity index is 1.86. The van der Waals surface area contributed by atoms with Gasteiger partial charge in [0.1, 0.15) is 12.2 Å². The van der Waals surface area contributed by atoms with Crippen LogP contribution in [0.25, 0.3) is 0 Å². The van der Waals surface area contributed by atoms with Gasteiger partial charge in [0.05, 0.1) is 0 Å². The lowest BCUT2D eigenvalue weighted by atomic mass is 9.46. The highest BCUT2D eigenvalue weighted by molar-refractivity contribution is 5.66. The van der Waals surface area contributed by atoms with E-state index < -0.39 is 0 Å². The van der Waals surface area contributed by atoms with Gasteiger partial charge in [-0.25, -0.2) is 0 Å². The van der Waals surface area contributed by atoms with E-state index in [-0.39, 0.29) is 40.9 Å². The molecule has 0 spiro atoms. The van der Waals surface area contributed by atoms with E-state index in [9.17, 15) is 9.59 Å². The van der Waals surface area contributed by atoms with Gasteiger partial charge < -0.3 is 9.47 Å². The summed E-state index contributed by atoms with van der Waals surface area (Å²) < 4.78 is 11.3. The summed E-state index contributed by atoms with van der Waals surface area (Å²) in [5.41, 5.74) is 2.04. The van der Waals surface area contributed by atoms with Crippen molar-refractivity contribution in [3.63, 3.8) is 0 Å². The topological polar surface area (TPSA) is 52.6 Å². The summed E-state index contributed by atoms with van der Waals surface area (Å²) in [5, 5.41) is 0. The summed E-state index contributed by atoms with van der Waals surface area (Å²) in [5.74, 6) is 1.12. The van der Waals surface area contributed by atoms with Crippen molar-refractivity contribution in [3.8, 4) is 0 Å². The van der Waals surface area contributed by atoms with E-state index >= 15 is 0 Å². The summed E-state index contributed by atoms with van der Waals surface area (Å²) >= 11 is 0. The molecule has 3 aliphatic rings. The molecule has 0 bridgehead atoms. The number of fused-ring (bicyclic) bond motifs is 1. The first kappa shape index (κ1) is 22.4. The van der Waals surface area contributed by atoms with Crippen molar-refractivity contribution in [1.29, 1.82) is 0 Å². The standard InChI is InChI=1S/C25H40O4/c1-16-8-7-9-23-24(16,5)13-12-17(2)25(23,6)15-20-14-21(28-18(3)26)10-11-22(20)29-19(4)27/h8,17,20-23H,7,9-15H2,1-6H3/t17-,20+,21-,22+,23-,24+,25-/m1/s1. The number of allylic oxidation sites excluding steroid dienone is 2. The van der Waals surface area contributed by atoms with Crippen LogP contribution in [-0.2, 0) is 19.1 Å². The van der Waals surface area contributed by atoms with Crippen LogP contribution in [0.5, 0.6) is 0 Å². The molecule has 0 N–H and O–H groups in total. The van der Waals surface area contributed by atoms with Gasteiger partial charge in [0.15, 0.2) is 0 Å². The molecule has 2 fully saturated rings. The Kier molecular flexibility index (Phi) is 6.50. The second kappa shape index (κ2) is 8.43. The molecule has 0 unspecified atom stereocenters. The quantitative estimate of drug-likeness (QED) is 0.436. The maximum Gasteiger partial charge on any atom is 0.302 e. The fourth-order valence-corrected chi connectivity index (χ4v) is 6.94. The third kappa shape index (κ3) is 4.41. The zero-order valence-corrected chi connectivity index (χ0v) is 19.3. The van der Waals surface area contributed by atoms with Gasteiger partial charge in [0.2, 0.25) is 0 Å². The van der Waals surface area contributed by atoms with Crippen molar-refractivity contribution in [1.82, 2.24) is 0 Å². The number of carbonyl (C=O) groups excluding carboxylic acids is 2. The highest BCUT2D eigenvalue weighted by Gasteiger charge is 2.54. The van der Waals surface area contributed by atoms with Crippen LogP contribution in [-0.4, -0.2) is 24.1 Å². The van der Waals surface area contributed by atoms with E-state index in [4.69, 9.17) is 9.47 Å². The molecule has 3 rings (SSSR count). The maximum absolute atomic E-state index is 11.8. The van der Waals surface area contributed by atoms with E-state index in [1.165, 1.54) is 39.5 Å². The minimum atomic E-state index is -0.211. The molecule has 4 heteroatoms. The number of ether oxygens (including phenoxy) is 2. The number of hydrogen-bond acceptors (Lipinski definition) is 4. The lowest BCUT2D eigenvalue weighted by Crippen LogP contribution is -2.52. The highest BCUT2D eigenvalue weighted by Crippen LogP contribution is 2.62. The molecule has 29 heavy (non-hydrogen) atoms. The van der Waals surface area contributed by atoms with E-state index in [2.05, 4.69) is 33.8 Å². The third-order valence-electron chi connectivity index (χ3n) is 8.81. The van der Waals surface area contributed by atoms with Gasteiger partial charge in [-0.05, 0) is 86.9 Å². The van der Waals surface area contributed by atoms with E-state index in [1.54, 1.807) is 5.57 Å². The molecule has 0 aliphatic heterocycles. The molecule has 4 nitrogen and oxygen atoms in total. The van der Waals surface area contributed by atoms with Gasteiger partial charge >= 0.3 is 11.9 Å². The third-order valence-corrected chi connectivity index (χ3v) is 8.81. The Hall–Kier alpha value is -1.32. The van der Waals surface area contributed by atoms with Gasteiger partial charge in [-0.2, -0.15) is 0 Å². The zero-order chi connectivity index (χ0) is 21.4. The first-order valence-corrected chi connectivity index (χ1v) is 11.6. The molecular weight excluding hydrogens is 364 g/mol. The summed E-state index contributed by atoms with van der Waals surface area (Å²) in [4.78, 5) is 23.3. The average Bonchev–Trinajstić information content (AvgIpc) is 2.62. The fourth-order valence-electron chi connectivity index (χ4n) is 6.94. The number of hydrogen-bond donors (Lipinski definition) is 0. The lowest BCUT2D eigenvalue weighted by molar-refractivity contribution is -0.163. The SMILES string of the molecule is CC(=O)O[C@@H]1CC[C@H](OC(C)=O)[C@H](C[C@]2(C)[C@H](C)CC[C@@]3(C)C(C)=CCC[C@@H]23)C1. The molecule has 0 radical (unpaired) electrons. The van der Waals surface area contributed by atoms with Crippen LogP contribution in [0.15, 0.2) is 11.6 Å². The maximum atomic E-state index is 11.8. The second-order valence-electron chi connectivity index (χ2n) is 10.5. The van der Waals surface area contributed by atoms with Gasteiger partial charge in [-0.15, -0.1) is 0 Å². The van der Waals surface area contributed by atoms with E-state index in [1.807, 2.05) is 0 Å². The summed E-state index contributed by atoms with van der Waals surface area (Å²) in [6.07, 6.45) is 10.7. The predicted molar refractivity (Wildman–Crippen MR) is 114 cm³/mol. The fraction of sp³-hybridized carbons (Fsp3) is 0.840. The molecule has 0 amide bonds. The molecule has 0 heterocycles. The summed E-state index contributed by atoms with van der Waals surface area (Å²) in [6, 6.07) is 0. The van der Waals surface area contributed by atoms with Crippen LogP contribution >= 0.6 is 0 Å². The molecular formula is C25H40O4. The predicted octanol–water partition coefficient (Wildman–Crippen LogP) is 5.84. The van der Waals surface area contributed by atoms with E-state index in [0.717, 1.165) is 25.7 Å². The second-order valence-corrected chi connectivity index (χ2v) is 10.5. The normalized spacial score (nSPS) is 42.4. The first-order valence-electron chi connectivity index (χ1n) is 11.6. The summed E-state index contributed by atoms with van der Waals surface area (Å²) in [6.45, 7) is 12.7. The van der Waals surface area contributed by atoms with Crippen molar-refractivity contribution in [2.75, 3.05) is 0 Å². The molecule has 0 aromatic carbocycles. The van der Waals surface area contributed by atoms with Crippen LogP contribution in [0.2, 0.25) is 0 Å². The van der Waals surface area contributed by atoms with Crippen LogP contribution in [0, 0.1) is 28.6 Å². The Morgan fingerprint density at radius 2 is 1.76 bits per heavy atom. The Labute approximate surface area is 176 Å². The van der Waals surface area contributed by atoms with Crippen molar-refractivity contribution in [2.24, 2.45) is 28.6 Å². The number of esters is 2. The Morgan fingerprint density at radius 1 is 1.07 bits per heavy atom. The largest absolute Gasteiger partial charge is 0.463 e. The molecule has 3 aliphatic carbocycles. The molecule has 2 saturated carbocycles. The van der Waals surface area contributed by atoms with Crippen LogP contribution < -0.4 is 0 Å². The van der Waals surface area contributed by atoms with Gasteiger partial charge in [0.25, 0.3) is 0 Å². The van der Waals surface area contributed by atoms with Gasteiger partial charge in [-0.3, -0.25) is 9.59 Å². The van der Waals surface area contributed by atoms with Crippen molar-refractivity contribution in [3.05, 3.63) is 11.6 Å². The Morgan fingerprint density at radius 3 is 2.41 bits per heavy atom. The van der Waals surface area contributed by atoms with Crippen molar-refractivity contribution in [2.45, 2.75) is 105 Å². The van der Waals surface area contributed by atoms with Crippen molar-refractivity contribution < 1.29 is 19.1 Å². The van der Waals surface area contributed by atoms with E-state index in [0.29, 0.717) is 11.8 Å². The minimum Gasteiger partial charge on any atom is -0.463 e. The monoisotopic (exact) mass is 404 g/mol. The average molecular weight is 405 g/mol.